The molecule has 0 unspecified atom stereocenters. The van der Waals surface area contributed by atoms with Gasteiger partial charge in [-0.05, 0) is 38.5 Å². The van der Waals surface area contributed by atoms with Gasteiger partial charge in [-0.3, -0.25) is 9.69 Å². The summed E-state index contributed by atoms with van der Waals surface area (Å²) in [4.78, 5) is 14.4. The normalized spacial score (nSPS) is 24.6. The van der Waals surface area contributed by atoms with Crippen LogP contribution < -0.4 is 5.32 Å². The lowest BCUT2D eigenvalue weighted by atomic mass is 10.1. The molecule has 0 saturated carbocycles. The minimum Gasteiger partial charge on any atom is -0.373 e. The minimum absolute atomic E-state index is 0.0133. The highest BCUT2D eigenvalue weighted by molar-refractivity contribution is 5.81. The molecule has 1 N–H and O–H groups in total. The number of carbonyl (C=O) groups is 1. The number of ether oxygens (including phenoxy) is 1. The number of nitrogens with zero attached hydrogens (tertiary/aromatic N) is 1. The maximum Gasteiger partial charge on any atom is 0.237 e. The molecule has 4 nitrogen and oxygen atoms in total. The van der Waals surface area contributed by atoms with Crippen molar-refractivity contribution >= 4 is 5.91 Å². The van der Waals surface area contributed by atoms with Crippen molar-refractivity contribution in [2.45, 2.75) is 45.6 Å². The van der Waals surface area contributed by atoms with Gasteiger partial charge in [0.05, 0.1) is 18.2 Å². The highest BCUT2D eigenvalue weighted by Gasteiger charge is 2.28. The Labute approximate surface area is 125 Å². The fourth-order valence-corrected chi connectivity index (χ4v) is 2.64. The van der Waals surface area contributed by atoms with E-state index in [1.807, 2.05) is 20.8 Å². The summed E-state index contributed by atoms with van der Waals surface area (Å²) < 4.78 is 18.5. The lowest BCUT2D eigenvalue weighted by molar-refractivity contribution is -0.131. The van der Waals surface area contributed by atoms with E-state index in [1.165, 1.54) is 12.1 Å². The first-order valence-electron chi connectivity index (χ1n) is 7.37. The fraction of sp³-hybridized carbons (Fsp3) is 0.562. The van der Waals surface area contributed by atoms with Gasteiger partial charge >= 0.3 is 0 Å². The summed E-state index contributed by atoms with van der Waals surface area (Å²) in [7, 11) is 0. The van der Waals surface area contributed by atoms with Crippen LogP contribution in [-0.2, 0) is 16.1 Å². The number of rotatable bonds is 4. The summed E-state index contributed by atoms with van der Waals surface area (Å²) in [5, 5.41) is 2.90. The number of amides is 1. The first-order valence-corrected chi connectivity index (χ1v) is 7.37. The number of hydrogen-bond donors (Lipinski definition) is 1. The Morgan fingerprint density at radius 1 is 1.33 bits per heavy atom. The largest absolute Gasteiger partial charge is 0.373 e. The molecule has 1 amide bonds. The smallest absolute Gasteiger partial charge is 0.237 e. The fourth-order valence-electron chi connectivity index (χ4n) is 2.64. The molecule has 2 rings (SSSR count). The van der Waals surface area contributed by atoms with Crippen LogP contribution in [0.3, 0.4) is 0 Å². The monoisotopic (exact) mass is 294 g/mol. The van der Waals surface area contributed by atoms with E-state index >= 15 is 0 Å². The molecule has 1 aliphatic heterocycles. The van der Waals surface area contributed by atoms with Gasteiger partial charge in [0.25, 0.3) is 0 Å². The number of morpholine rings is 1. The number of nitrogens with one attached hydrogen (secondary N) is 1. The van der Waals surface area contributed by atoms with Gasteiger partial charge in [-0.1, -0.05) is 12.1 Å². The van der Waals surface area contributed by atoms with E-state index in [-0.39, 0.29) is 30.0 Å². The van der Waals surface area contributed by atoms with Crippen molar-refractivity contribution in [1.29, 1.82) is 0 Å². The van der Waals surface area contributed by atoms with Gasteiger partial charge in [-0.15, -0.1) is 0 Å². The zero-order chi connectivity index (χ0) is 15.4. The zero-order valence-electron chi connectivity index (χ0n) is 12.8. The third-order valence-corrected chi connectivity index (χ3v) is 3.76. The van der Waals surface area contributed by atoms with Crippen molar-refractivity contribution in [1.82, 2.24) is 10.2 Å². The van der Waals surface area contributed by atoms with Crippen molar-refractivity contribution in [3.8, 4) is 0 Å². The quantitative estimate of drug-likeness (QED) is 0.923. The standard InChI is InChI=1S/C16H23FN2O2/c1-11-9-19(10-12(2)21-11)13(3)16(20)18-8-14-4-6-15(17)7-5-14/h4-7,11-13H,8-10H2,1-3H3,(H,18,20)/t11-,12-,13-/m0/s1. The van der Waals surface area contributed by atoms with E-state index in [2.05, 4.69) is 10.2 Å². The molecular formula is C16H23FN2O2. The van der Waals surface area contributed by atoms with E-state index < -0.39 is 0 Å². The molecule has 1 aromatic carbocycles. The summed E-state index contributed by atoms with van der Waals surface area (Å²) in [6.07, 6.45) is 0.280. The average molecular weight is 294 g/mol. The molecule has 21 heavy (non-hydrogen) atoms. The minimum atomic E-state index is -0.269. The van der Waals surface area contributed by atoms with E-state index in [0.717, 1.165) is 18.7 Å². The molecule has 0 aromatic heterocycles. The van der Waals surface area contributed by atoms with E-state index in [9.17, 15) is 9.18 Å². The van der Waals surface area contributed by atoms with Crippen molar-refractivity contribution in [2.75, 3.05) is 13.1 Å². The third kappa shape index (κ3) is 4.51. The Morgan fingerprint density at radius 2 is 1.90 bits per heavy atom. The summed E-state index contributed by atoms with van der Waals surface area (Å²) in [5.41, 5.74) is 0.890. The van der Waals surface area contributed by atoms with Crippen LogP contribution >= 0.6 is 0 Å². The van der Waals surface area contributed by atoms with E-state index in [4.69, 9.17) is 4.74 Å². The predicted molar refractivity (Wildman–Crippen MR) is 79.3 cm³/mol. The first kappa shape index (κ1) is 15.9. The van der Waals surface area contributed by atoms with Gasteiger partial charge in [0.1, 0.15) is 5.82 Å². The molecule has 1 aromatic rings. The molecule has 0 aliphatic carbocycles. The lowest BCUT2D eigenvalue weighted by Crippen LogP contribution is -2.53. The number of carbonyl (C=O) groups excluding carboxylic acids is 1. The molecule has 1 aliphatic rings. The molecule has 1 fully saturated rings. The molecular weight excluding hydrogens is 271 g/mol. The van der Waals surface area contributed by atoms with E-state index in [0.29, 0.717) is 6.54 Å². The van der Waals surface area contributed by atoms with Crippen LogP contribution in [0.4, 0.5) is 4.39 Å². The van der Waals surface area contributed by atoms with E-state index in [1.54, 1.807) is 12.1 Å². The van der Waals surface area contributed by atoms with Crippen LogP contribution in [0.15, 0.2) is 24.3 Å². The lowest BCUT2D eigenvalue weighted by Gasteiger charge is -2.38. The second-order valence-electron chi connectivity index (χ2n) is 5.73. The van der Waals surface area contributed by atoms with Crippen molar-refractivity contribution < 1.29 is 13.9 Å². The van der Waals surface area contributed by atoms with Gasteiger partial charge < -0.3 is 10.1 Å². The first-order chi connectivity index (χ1) is 9.95. The number of halogens is 1. The summed E-state index contributed by atoms with van der Waals surface area (Å²) >= 11 is 0. The Balaban J connectivity index is 1.86. The summed E-state index contributed by atoms with van der Waals surface area (Å²) in [5.74, 6) is -0.282. The molecule has 5 heteroatoms. The summed E-state index contributed by atoms with van der Waals surface area (Å²) in [6.45, 7) is 7.88. The van der Waals surface area contributed by atoms with Gasteiger partial charge in [0.15, 0.2) is 0 Å². The average Bonchev–Trinajstić information content (AvgIpc) is 2.44. The molecule has 0 bridgehead atoms. The maximum absolute atomic E-state index is 12.8. The molecule has 0 spiro atoms. The van der Waals surface area contributed by atoms with Crippen LogP contribution in [0.1, 0.15) is 26.3 Å². The maximum atomic E-state index is 12.8. The zero-order valence-corrected chi connectivity index (χ0v) is 12.8. The Bertz CT molecular complexity index is 468. The highest BCUT2D eigenvalue weighted by Crippen LogP contribution is 2.13. The highest BCUT2D eigenvalue weighted by atomic mass is 19.1. The number of benzene rings is 1. The molecule has 1 heterocycles. The van der Waals surface area contributed by atoms with Crippen LogP contribution in [-0.4, -0.2) is 42.1 Å². The van der Waals surface area contributed by atoms with Gasteiger partial charge in [0.2, 0.25) is 5.91 Å². The van der Waals surface area contributed by atoms with Crippen molar-refractivity contribution in [3.63, 3.8) is 0 Å². The molecule has 116 valence electrons. The second kappa shape index (κ2) is 7.00. The van der Waals surface area contributed by atoms with Gasteiger partial charge in [-0.2, -0.15) is 0 Å². The van der Waals surface area contributed by atoms with Crippen LogP contribution in [0.2, 0.25) is 0 Å². The number of hydrogen-bond acceptors (Lipinski definition) is 3. The molecule has 0 radical (unpaired) electrons. The third-order valence-electron chi connectivity index (χ3n) is 3.76. The van der Waals surface area contributed by atoms with Crippen molar-refractivity contribution in [3.05, 3.63) is 35.6 Å². The Hall–Kier alpha value is -1.46. The van der Waals surface area contributed by atoms with Crippen LogP contribution in [0.25, 0.3) is 0 Å². The SMILES string of the molecule is C[C@H]1CN([C@@H](C)C(=O)NCc2ccc(F)cc2)C[C@H](C)O1. The Kier molecular flexibility index (Phi) is 5.31. The predicted octanol–water partition coefficient (Wildman–Crippen LogP) is 1.94. The molecule has 1 saturated heterocycles. The van der Waals surface area contributed by atoms with Gasteiger partial charge in [0, 0.05) is 19.6 Å². The van der Waals surface area contributed by atoms with Crippen LogP contribution in [0.5, 0.6) is 0 Å². The Morgan fingerprint density at radius 3 is 2.48 bits per heavy atom. The second-order valence-corrected chi connectivity index (χ2v) is 5.73. The topological polar surface area (TPSA) is 41.6 Å². The van der Waals surface area contributed by atoms with Gasteiger partial charge in [-0.25, -0.2) is 4.39 Å². The summed E-state index contributed by atoms with van der Waals surface area (Å²) in [6, 6.07) is 5.96. The van der Waals surface area contributed by atoms with Crippen LogP contribution in [0, 0.1) is 5.82 Å². The van der Waals surface area contributed by atoms with Crippen molar-refractivity contribution in [2.24, 2.45) is 0 Å². The molecule has 3 atom stereocenters.